The molecule has 0 radical (unpaired) electrons. The molecule has 0 aliphatic carbocycles. The Kier molecular flexibility index (Phi) is 8.81. The second-order valence-electron chi connectivity index (χ2n) is 7.79. The number of sulfonamides is 1. The molecule has 30 heavy (non-hydrogen) atoms. The quantitative estimate of drug-likeness (QED) is 0.594. The minimum absolute atomic E-state index is 0.000969. The largest absolute Gasteiger partial charge is 0.465 e. The Morgan fingerprint density at radius 1 is 1.17 bits per heavy atom. The molecule has 9 heteroatoms. The normalized spacial score (nSPS) is 15.4. The summed E-state index contributed by atoms with van der Waals surface area (Å²) < 4.78 is 32.4. The number of anilines is 1. The van der Waals surface area contributed by atoms with E-state index in [9.17, 15) is 18.0 Å². The average Bonchev–Trinajstić information content (AvgIpc) is 2.69. The van der Waals surface area contributed by atoms with Crippen molar-refractivity contribution in [2.75, 3.05) is 38.1 Å². The predicted octanol–water partition coefficient (Wildman–Crippen LogP) is 2.38. The van der Waals surface area contributed by atoms with Gasteiger partial charge in [0.2, 0.25) is 15.9 Å². The molecular formula is C21H33N3O5S. The van der Waals surface area contributed by atoms with Crippen molar-refractivity contribution in [3.05, 3.63) is 23.8 Å². The standard InChI is InChI=1S/C21H33N3O5S/c1-5-29-21(26)15-23(16(2)3)14-20(25)22-19-13-18(10-9-17(19)4)30(27,28)24-11-7-6-8-12-24/h9-10,13,16H,5-8,11-12,14-15H2,1-4H3,(H,22,25). The van der Waals surface area contributed by atoms with Gasteiger partial charge in [-0.2, -0.15) is 4.31 Å². The number of rotatable bonds is 9. The lowest BCUT2D eigenvalue weighted by atomic mass is 10.2. The predicted molar refractivity (Wildman–Crippen MR) is 116 cm³/mol. The maximum Gasteiger partial charge on any atom is 0.320 e. The van der Waals surface area contributed by atoms with Gasteiger partial charge in [-0.1, -0.05) is 12.5 Å². The lowest BCUT2D eigenvalue weighted by Crippen LogP contribution is -2.41. The topological polar surface area (TPSA) is 96.0 Å². The van der Waals surface area contributed by atoms with Gasteiger partial charge in [-0.3, -0.25) is 14.5 Å². The van der Waals surface area contributed by atoms with Crippen LogP contribution in [0.2, 0.25) is 0 Å². The zero-order valence-electron chi connectivity index (χ0n) is 18.3. The number of nitrogens with zero attached hydrogens (tertiary/aromatic N) is 2. The van der Waals surface area contributed by atoms with E-state index in [1.54, 1.807) is 24.0 Å². The molecule has 1 N–H and O–H groups in total. The van der Waals surface area contributed by atoms with Gasteiger partial charge in [-0.25, -0.2) is 8.42 Å². The summed E-state index contributed by atoms with van der Waals surface area (Å²) in [4.78, 5) is 26.3. The van der Waals surface area contributed by atoms with Gasteiger partial charge in [0.15, 0.2) is 0 Å². The number of carbonyl (C=O) groups is 2. The highest BCUT2D eigenvalue weighted by Gasteiger charge is 2.26. The first-order chi connectivity index (χ1) is 14.1. The molecular weight excluding hydrogens is 406 g/mol. The Bertz CT molecular complexity index is 848. The Balaban J connectivity index is 2.12. The number of benzene rings is 1. The van der Waals surface area contributed by atoms with Gasteiger partial charge >= 0.3 is 5.97 Å². The minimum Gasteiger partial charge on any atom is -0.465 e. The van der Waals surface area contributed by atoms with Crippen molar-refractivity contribution in [3.63, 3.8) is 0 Å². The Morgan fingerprint density at radius 2 is 1.83 bits per heavy atom. The van der Waals surface area contributed by atoms with Crippen LogP contribution >= 0.6 is 0 Å². The fourth-order valence-corrected chi connectivity index (χ4v) is 4.86. The summed E-state index contributed by atoms with van der Waals surface area (Å²) >= 11 is 0. The fourth-order valence-electron chi connectivity index (χ4n) is 3.32. The number of amides is 1. The van der Waals surface area contributed by atoms with E-state index in [-0.39, 0.29) is 42.5 Å². The molecule has 0 saturated carbocycles. The number of esters is 1. The third-order valence-corrected chi connectivity index (χ3v) is 7.05. The highest BCUT2D eigenvalue weighted by atomic mass is 32.2. The van der Waals surface area contributed by atoms with Crippen molar-refractivity contribution >= 4 is 27.6 Å². The van der Waals surface area contributed by atoms with E-state index >= 15 is 0 Å². The Hall–Kier alpha value is -1.97. The van der Waals surface area contributed by atoms with E-state index in [2.05, 4.69) is 5.32 Å². The van der Waals surface area contributed by atoms with Gasteiger partial charge in [0.1, 0.15) is 0 Å². The van der Waals surface area contributed by atoms with Gasteiger partial charge in [0.25, 0.3) is 0 Å². The molecule has 0 bridgehead atoms. The van der Waals surface area contributed by atoms with Gasteiger partial charge in [-0.05, 0) is 58.2 Å². The summed E-state index contributed by atoms with van der Waals surface area (Å²) in [5, 5.41) is 2.80. The molecule has 8 nitrogen and oxygen atoms in total. The fraction of sp³-hybridized carbons (Fsp3) is 0.619. The summed E-state index contributed by atoms with van der Waals surface area (Å²) in [7, 11) is -3.59. The summed E-state index contributed by atoms with van der Waals surface area (Å²) in [5.74, 6) is -0.701. The van der Waals surface area contributed by atoms with Crippen molar-refractivity contribution in [1.29, 1.82) is 0 Å². The van der Waals surface area contributed by atoms with Crippen molar-refractivity contribution in [2.24, 2.45) is 0 Å². The first-order valence-corrected chi connectivity index (χ1v) is 11.9. The first kappa shape index (κ1) is 24.3. The van der Waals surface area contributed by atoms with Gasteiger partial charge in [0, 0.05) is 24.8 Å². The smallest absolute Gasteiger partial charge is 0.320 e. The van der Waals surface area contributed by atoms with Crippen LogP contribution in [0.4, 0.5) is 5.69 Å². The van der Waals surface area contributed by atoms with E-state index in [1.165, 1.54) is 10.4 Å². The average molecular weight is 440 g/mol. The van der Waals surface area contributed by atoms with Crippen molar-refractivity contribution in [3.8, 4) is 0 Å². The molecule has 1 fully saturated rings. The lowest BCUT2D eigenvalue weighted by molar-refractivity contribution is -0.145. The zero-order valence-corrected chi connectivity index (χ0v) is 19.1. The van der Waals surface area contributed by atoms with E-state index in [0.717, 1.165) is 24.8 Å². The number of carbonyl (C=O) groups excluding carboxylic acids is 2. The van der Waals surface area contributed by atoms with E-state index in [1.807, 2.05) is 20.8 Å². The monoisotopic (exact) mass is 439 g/mol. The van der Waals surface area contributed by atoms with Crippen LogP contribution in [-0.2, 0) is 24.3 Å². The summed E-state index contributed by atoms with van der Waals surface area (Å²) in [6.07, 6.45) is 2.76. The highest BCUT2D eigenvalue weighted by Crippen LogP contribution is 2.25. The molecule has 1 aliphatic heterocycles. The van der Waals surface area contributed by atoms with Gasteiger partial charge in [-0.15, -0.1) is 0 Å². The molecule has 0 aromatic heterocycles. The summed E-state index contributed by atoms with van der Waals surface area (Å²) in [5.41, 5.74) is 1.22. The molecule has 0 unspecified atom stereocenters. The molecule has 1 amide bonds. The molecule has 1 aliphatic rings. The Labute approximate surface area is 179 Å². The molecule has 1 aromatic rings. The zero-order chi connectivity index (χ0) is 22.3. The molecule has 1 heterocycles. The van der Waals surface area contributed by atoms with Crippen LogP contribution in [0.1, 0.15) is 45.6 Å². The molecule has 0 spiro atoms. The number of hydrogen-bond donors (Lipinski definition) is 1. The maximum atomic E-state index is 12.9. The van der Waals surface area contributed by atoms with Crippen LogP contribution in [0.3, 0.4) is 0 Å². The third-order valence-electron chi connectivity index (χ3n) is 5.15. The first-order valence-electron chi connectivity index (χ1n) is 10.5. The van der Waals surface area contributed by atoms with Gasteiger partial charge in [0.05, 0.1) is 24.6 Å². The number of piperidine rings is 1. The minimum atomic E-state index is -3.59. The molecule has 1 saturated heterocycles. The van der Waals surface area contributed by atoms with E-state index in [4.69, 9.17) is 4.74 Å². The molecule has 0 atom stereocenters. The summed E-state index contributed by atoms with van der Waals surface area (Å²) in [6.45, 7) is 8.68. The highest BCUT2D eigenvalue weighted by molar-refractivity contribution is 7.89. The van der Waals surface area contributed by atoms with Crippen LogP contribution in [0.15, 0.2) is 23.1 Å². The SMILES string of the molecule is CCOC(=O)CN(CC(=O)Nc1cc(S(=O)(=O)N2CCCCC2)ccc1C)C(C)C. The van der Waals surface area contributed by atoms with Crippen LogP contribution in [-0.4, -0.2) is 68.3 Å². The van der Waals surface area contributed by atoms with Crippen molar-refractivity contribution in [2.45, 2.75) is 57.9 Å². The van der Waals surface area contributed by atoms with E-state index in [0.29, 0.717) is 18.8 Å². The summed E-state index contributed by atoms with van der Waals surface area (Å²) in [6, 6.07) is 4.76. The number of aryl methyl sites for hydroxylation is 1. The van der Waals surface area contributed by atoms with Crippen LogP contribution in [0.25, 0.3) is 0 Å². The van der Waals surface area contributed by atoms with Gasteiger partial charge < -0.3 is 10.1 Å². The third kappa shape index (κ3) is 6.52. The van der Waals surface area contributed by atoms with Crippen molar-refractivity contribution < 1.29 is 22.7 Å². The number of hydrogen-bond acceptors (Lipinski definition) is 6. The van der Waals surface area contributed by atoms with Crippen molar-refractivity contribution in [1.82, 2.24) is 9.21 Å². The lowest BCUT2D eigenvalue weighted by Gasteiger charge is -2.26. The number of ether oxygens (including phenoxy) is 1. The van der Waals surface area contributed by atoms with Crippen LogP contribution < -0.4 is 5.32 Å². The molecule has 2 rings (SSSR count). The van der Waals surface area contributed by atoms with Crippen LogP contribution in [0, 0.1) is 6.92 Å². The maximum absolute atomic E-state index is 12.9. The number of nitrogens with one attached hydrogen (secondary N) is 1. The molecule has 1 aromatic carbocycles. The second-order valence-corrected chi connectivity index (χ2v) is 9.73. The Morgan fingerprint density at radius 3 is 2.43 bits per heavy atom. The van der Waals surface area contributed by atoms with Crippen LogP contribution in [0.5, 0.6) is 0 Å². The second kappa shape index (κ2) is 10.9. The van der Waals surface area contributed by atoms with E-state index < -0.39 is 10.0 Å². The molecule has 168 valence electrons.